The minimum Gasteiger partial charge on any atom is -0.355 e. The maximum atomic E-state index is 12.3. The number of hydrogen-bond acceptors (Lipinski definition) is 4. The van der Waals surface area contributed by atoms with Crippen LogP contribution in [0, 0.1) is 0 Å². The van der Waals surface area contributed by atoms with Gasteiger partial charge in [0.25, 0.3) is 0 Å². The monoisotopic (exact) mass is 431 g/mol. The van der Waals surface area contributed by atoms with Crippen LogP contribution in [-0.4, -0.2) is 59.0 Å². The Morgan fingerprint density at radius 1 is 0.933 bits per heavy atom. The van der Waals surface area contributed by atoms with Crippen molar-refractivity contribution in [2.45, 2.75) is 24.8 Å². The van der Waals surface area contributed by atoms with E-state index in [-0.39, 0.29) is 17.5 Å². The van der Waals surface area contributed by atoms with E-state index < -0.39 is 10.0 Å². The summed E-state index contributed by atoms with van der Waals surface area (Å²) in [5.74, 6) is 0.641. The fourth-order valence-electron chi connectivity index (χ4n) is 3.26. The average Bonchev–Trinajstić information content (AvgIpc) is 2.79. The Hall–Kier alpha value is -2.42. The standard InChI is InChI=1S/C22H33N5O2S/c1-4-27(5-2)21(19-12-8-6-9-13-19)18-25-22(23-3)24-16-17-26-30(28,29)20-14-10-7-11-15-20/h6-15,21,26H,4-5,16-18H2,1-3H3,(H2,23,24,25). The second kappa shape index (κ2) is 12.3. The van der Waals surface area contributed by atoms with Crippen LogP contribution in [0.4, 0.5) is 0 Å². The summed E-state index contributed by atoms with van der Waals surface area (Å²) < 4.78 is 27.1. The van der Waals surface area contributed by atoms with Gasteiger partial charge in [0.1, 0.15) is 0 Å². The summed E-state index contributed by atoms with van der Waals surface area (Å²) in [5, 5.41) is 6.54. The highest BCUT2D eigenvalue weighted by molar-refractivity contribution is 7.89. The number of nitrogens with zero attached hydrogens (tertiary/aromatic N) is 2. The molecule has 0 bridgehead atoms. The van der Waals surface area contributed by atoms with Crippen LogP contribution < -0.4 is 15.4 Å². The zero-order chi connectivity index (χ0) is 21.8. The normalized spacial score (nSPS) is 13.3. The largest absolute Gasteiger partial charge is 0.355 e. The molecule has 1 atom stereocenters. The lowest BCUT2D eigenvalue weighted by Crippen LogP contribution is -2.45. The van der Waals surface area contributed by atoms with Crippen molar-refractivity contribution in [3.05, 3.63) is 66.2 Å². The molecule has 0 aliphatic carbocycles. The molecule has 0 saturated carbocycles. The predicted octanol–water partition coefficient (Wildman–Crippen LogP) is 2.21. The number of aliphatic imine (C=N–C) groups is 1. The van der Waals surface area contributed by atoms with E-state index in [0.717, 1.165) is 13.1 Å². The molecule has 0 aromatic heterocycles. The van der Waals surface area contributed by atoms with Crippen LogP contribution >= 0.6 is 0 Å². The van der Waals surface area contributed by atoms with Gasteiger partial charge in [-0.2, -0.15) is 0 Å². The zero-order valence-corrected chi connectivity index (χ0v) is 18.8. The second-order valence-electron chi connectivity index (χ2n) is 6.74. The Morgan fingerprint density at radius 2 is 1.53 bits per heavy atom. The van der Waals surface area contributed by atoms with E-state index in [0.29, 0.717) is 19.0 Å². The Morgan fingerprint density at radius 3 is 2.10 bits per heavy atom. The van der Waals surface area contributed by atoms with Crippen molar-refractivity contribution >= 4 is 16.0 Å². The number of likely N-dealkylation sites (N-methyl/N-ethyl adjacent to an activating group) is 1. The van der Waals surface area contributed by atoms with E-state index in [2.05, 4.69) is 63.4 Å². The van der Waals surface area contributed by atoms with Crippen molar-refractivity contribution in [1.29, 1.82) is 0 Å². The Kier molecular flexibility index (Phi) is 9.79. The van der Waals surface area contributed by atoms with Gasteiger partial charge in [-0.1, -0.05) is 62.4 Å². The van der Waals surface area contributed by atoms with Gasteiger partial charge in [-0.15, -0.1) is 0 Å². The number of guanidine groups is 1. The van der Waals surface area contributed by atoms with Crippen molar-refractivity contribution in [3.8, 4) is 0 Å². The lowest BCUT2D eigenvalue weighted by Gasteiger charge is -2.30. The average molecular weight is 432 g/mol. The van der Waals surface area contributed by atoms with Gasteiger partial charge in [-0.05, 0) is 30.8 Å². The fourth-order valence-corrected chi connectivity index (χ4v) is 4.31. The molecule has 0 heterocycles. The van der Waals surface area contributed by atoms with E-state index in [1.165, 1.54) is 5.56 Å². The SMILES string of the molecule is CCN(CC)C(CNC(=NC)NCCNS(=O)(=O)c1ccccc1)c1ccccc1. The third-order valence-corrected chi connectivity index (χ3v) is 6.36. The number of rotatable bonds is 11. The van der Waals surface area contributed by atoms with Gasteiger partial charge in [-0.25, -0.2) is 13.1 Å². The first kappa shape index (κ1) is 23.9. The summed E-state index contributed by atoms with van der Waals surface area (Å²) in [5.41, 5.74) is 1.25. The van der Waals surface area contributed by atoms with Crippen molar-refractivity contribution in [2.24, 2.45) is 4.99 Å². The Balaban J connectivity index is 1.87. The zero-order valence-electron chi connectivity index (χ0n) is 18.0. The summed E-state index contributed by atoms with van der Waals surface area (Å²) in [6.45, 7) is 7.59. The Labute approximate surface area is 180 Å². The van der Waals surface area contributed by atoms with Crippen molar-refractivity contribution in [3.63, 3.8) is 0 Å². The molecular weight excluding hydrogens is 398 g/mol. The third kappa shape index (κ3) is 7.12. The van der Waals surface area contributed by atoms with Crippen LogP contribution in [0.1, 0.15) is 25.5 Å². The number of hydrogen-bond donors (Lipinski definition) is 3. The Bertz CT molecular complexity index is 869. The smallest absolute Gasteiger partial charge is 0.240 e. The first-order valence-electron chi connectivity index (χ1n) is 10.3. The predicted molar refractivity (Wildman–Crippen MR) is 123 cm³/mol. The molecule has 8 heteroatoms. The molecule has 0 radical (unpaired) electrons. The third-order valence-electron chi connectivity index (χ3n) is 4.89. The van der Waals surface area contributed by atoms with Crippen LogP contribution in [0.15, 0.2) is 70.6 Å². The summed E-state index contributed by atoms with van der Waals surface area (Å²) in [4.78, 5) is 6.91. The van der Waals surface area contributed by atoms with Gasteiger partial charge in [0.2, 0.25) is 10.0 Å². The van der Waals surface area contributed by atoms with E-state index in [4.69, 9.17) is 0 Å². The van der Waals surface area contributed by atoms with Crippen molar-refractivity contribution < 1.29 is 8.42 Å². The molecule has 164 valence electrons. The molecule has 2 rings (SSSR count). The van der Waals surface area contributed by atoms with Crippen LogP contribution in [0.2, 0.25) is 0 Å². The molecule has 0 aliphatic heterocycles. The molecule has 0 spiro atoms. The summed E-state index contributed by atoms with van der Waals surface area (Å²) >= 11 is 0. The molecule has 3 N–H and O–H groups in total. The molecule has 0 saturated heterocycles. The number of nitrogens with one attached hydrogen (secondary N) is 3. The van der Waals surface area contributed by atoms with E-state index in [1.54, 1.807) is 37.4 Å². The lowest BCUT2D eigenvalue weighted by atomic mass is 10.1. The minimum absolute atomic E-state index is 0.219. The molecule has 0 fully saturated rings. The van der Waals surface area contributed by atoms with E-state index in [1.807, 2.05) is 6.07 Å². The first-order chi connectivity index (χ1) is 14.5. The highest BCUT2D eigenvalue weighted by Gasteiger charge is 2.18. The van der Waals surface area contributed by atoms with Crippen LogP contribution in [0.5, 0.6) is 0 Å². The maximum absolute atomic E-state index is 12.3. The summed E-state index contributed by atoms with van der Waals surface area (Å²) in [6, 6.07) is 19.0. The molecule has 2 aromatic carbocycles. The highest BCUT2D eigenvalue weighted by atomic mass is 32.2. The summed E-state index contributed by atoms with van der Waals surface area (Å²) in [6.07, 6.45) is 0. The van der Waals surface area contributed by atoms with E-state index in [9.17, 15) is 8.42 Å². The highest BCUT2D eigenvalue weighted by Crippen LogP contribution is 2.19. The number of sulfonamides is 1. The fraction of sp³-hybridized carbons (Fsp3) is 0.409. The van der Waals surface area contributed by atoms with Crippen LogP contribution in [0.25, 0.3) is 0 Å². The number of benzene rings is 2. The minimum atomic E-state index is -3.50. The maximum Gasteiger partial charge on any atom is 0.240 e. The summed E-state index contributed by atoms with van der Waals surface area (Å²) in [7, 11) is -1.79. The van der Waals surface area contributed by atoms with Gasteiger partial charge in [0.15, 0.2) is 5.96 Å². The topological polar surface area (TPSA) is 85.8 Å². The van der Waals surface area contributed by atoms with Gasteiger partial charge in [0.05, 0.1) is 10.9 Å². The van der Waals surface area contributed by atoms with Gasteiger partial charge >= 0.3 is 0 Å². The van der Waals surface area contributed by atoms with Gasteiger partial charge in [0, 0.05) is 26.7 Å². The molecule has 1 unspecified atom stereocenters. The lowest BCUT2D eigenvalue weighted by molar-refractivity contribution is 0.219. The quantitative estimate of drug-likeness (QED) is 0.289. The molecule has 2 aromatic rings. The second-order valence-corrected chi connectivity index (χ2v) is 8.51. The molecule has 0 aliphatic rings. The van der Waals surface area contributed by atoms with Crippen LogP contribution in [0.3, 0.4) is 0 Å². The molecule has 7 nitrogen and oxygen atoms in total. The van der Waals surface area contributed by atoms with Crippen molar-refractivity contribution in [2.75, 3.05) is 39.8 Å². The first-order valence-corrected chi connectivity index (χ1v) is 11.8. The van der Waals surface area contributed by atoms with E-state index >= 15 is 0 Å². The van der Waals surface area contributed by atoms with Gasteiger partial charge in [-0.3, -0.25) is 9.89 Å². The van der Waals surface area contributed by atoms with Crippen molar-refractivity contribution in [1.82, 2.24) is 20.3 Å². The molecule has 0 amide bonds. The van der Waals surface area contributed by atoms with Crippen LogP contribution in [-0.2, 0) is 10.0 Å². The molecular formula is C22H33N5O2S. The molecule has 30 heavy (non-hydrogen) atoms. The van der Waals surface area contributed by atoms with Gasteiger partial charge < -0.3 is 10.6 Å².